The van der Waals surface area contributed by atoms with Gasteiger partial charge < -0.3 is 5.01 Å². The number of hydrogen-bond donors (Lipinski definition) is 0. The van der Waals surface area contributed by atoms with Crippen LogP contribution in [0.15, 0.2) is 91.0 Å². The molecule has 0 saturated carbocycles. The quantitative estimate of drug-likeness (QED) is 0.517. The van der Waals surface area contributed by atoms with Crippen LogP contribution < -0.4 is 5.01 Å². The molecule has 0 saturated heterocycles. The molecule has 4 aromatic rings. The van der Waals surface area contributed by atoms with Gasteiger partial charge in [0.1, 0.15) is 0 Å². The van der Waals surface area contributed by atoms with E-state index in [1.807, 2.05) is 30.3 Å². The lowest BCUT2D eigenvalue weighted by Gasteiger charge is -2.21. The maximum atomic E-state index is 5.07. The second-order valence-corrected chi connectivity index (χ2v) is 6.39. The Labute approximate surface area is 154 Å². The molecule has 4 rings (SSSR count). The third kappa shape index (κ3) is 2.88. The summed E-state index contributed by atoms with van der Waals surface area (Å²) in [6, 6.07) is 31.2. The first-order valence-electron chi connectivity index (χ1n) is 8.72. The minimum absolute atomic E-state index is 0.938. The van der Waals surface area contributed by atoms with Crippen LogP contribution in [0.25, 0.3) is 33.9 Å². The Balaban J connectivity index is 2.05. The molecular weight excluding hydrogens is 318 g/mol. The molecule has 1 aromatic heterocycles. The van der Waals surface area contributed by atoms with Crippen molar-refractivity contribution in [3.8, 4) is 33.9 Å². The summed E-state index contributed by atoms with van der Waals surface area (Å²) in [6.07, 6.45) is 0. The Morgan fingerprint density at radius 1 is 0.615 bits per heavy atom. The lowest BCUT2D eigenvalue weighted by Crippen LogP contribution is -2.26. The molecule has 0 aliphatic carbocycles. The van der Waals surface area contributed by atoms with Crippen molar-refractivity contribution in [2.75, 3.05) is 19.1 Å². The highest BCUT2D eigenvalue weighted by Crippen LogP contribution is 2.35. The van der Waals surface area contributed by atoms with Crippen molar-refractivity contribution >= 4 is 0 Å². The van der Waals surface area contributed by atoms with Crippen LogP contribution in [0.3, 0.4) is 0 Å². The van der Waals surface area contributed by atoms with Crippen LogP contribution in [0.4, 0.5) is 0 Å². The Kier molecular flexibility index (Phi) is 4.28. The van der Waals surface area contributed by atoms with Gasteiger partial charge in [0.25, 0.3) is 0 Å². The van der Waals surface area contributed by atoms with Crippen molar-refractivity contribution < 1.29 is 0 Å². The molecule has 0 amide bonds. The summed E-state index contributed by atoms with van der Waals surface area (Å²) in [5, 5.41) is 2.09. The van der Waals surface area contributed by atoms with Crippen molar-refractivity contribution in [3.05, 3.63) is 91.0 Å². The van der Waals surface area contributed by atoms with E-state index in [1.54, 1.807) is 0 Å². The van der Waals surface area contributed by atoms with Crippen LogP contribution in [0.2, 0.25) is 0 Å². The summed E-state index contributed by atoms with van der Waals surface area (Å²) in [7, 11) is 4.10. The van der Waals surface area contributed by atoms with E-state index in [1.165, 1.54) is 0 Å². The van der Waals surface area contributed by atoms with Crippen molar-refractivity contribution in [3.63, 3.8) is 0 Å². The van der Waals surface area contributed by atoms with Gasteiger partial charge in [0, 0.05) is 30.8 Å². The minimum atomic E-state index is 0.938. The zero-order chi connectivity index (χ0) is 17.9. The van der Waals surface area contributed by atoms with Gasteiger partial charge in [-0.3, -0.25) is 0 Å². The number of imidazole rings is 1. The molecule has 26 heavy (non-hydrogen) atoms. The van der Waals surface area contributed by atoms with Gasteiger partial charge in [0.15, 0.2) is 5.82 Å². The van der Waals surface area contributed by atoms with Gasteiger partial charge in [-0.15, -0.1) is 0 Å². The monoisotopic (exact) mass is 339 g/mol. The number of benzene rings is 3. The molecule has 1 heterocycles. The van der Waals surface area contributed by atoms with E-state index in [9.17, 15) is 0 Å². The fraction of sp³-hybridized carbons (Fsp3) is 0.0870. The van der Waals surface area contributed by atoms with Crippen molar-refractivity contribution in [1.29, 1.82) is 0 Å². The Bertz CT molecular complexity index is 988. The van der Waals surface area contributed by atoms with Gasteiger partial charge in [-0.25, -0.2) is 9.66 Å². The van der Waals surface area contributed by atoms with Crippen LogP contribution in [-0.2, 0) is 0 Å². The van der Waals surface area contributed by atoms with Crippen LogP contribution in [0, 0.1) is 0 Å². The molecule has 0 radical (unpaired) electrons. The molecule has 0 fully saturated rings. The van der Waals surface area contributed by atoms with E-state index in [0.29, 0.717) is 0 Å². The number of aromatic nitrogens is 2. The second-order valence-electron chi connectivity index (χ2n) is 6.39. The molecular formula is C23H21N3. The summed E-state index contributed by atoms with van der Waals surface area (Å²) >= 11 is 0. The first-order valence-corrected chi connectivity index (χ1v) is 8.72. The van der Waals surface area contributed by atoms with E-state index in [0.717, 1.165) is 33.9 Å². The lowest BCUT2D eigenvalue weighted by molar-refractivity contribution is 0.745. The van der Waals surface area contributed by atoms with E-state index in [2.05, 4.69) is 84.4 Å². The molecule has 0 spiro atoms. The molecule has 0 N–H and O–H groups in total. The third-order valence-corrected chi connectivity index (χ3v) is 4.38. The van der Waals surface area contributed by atoms with Crippen LogP contribution in [-0.4, -0.2) is 23.8 Å². The Morgan fingerprint density at radius 2 is 1.08 bits per heavy atom. The highest BCUT2D eigenvalue weighted by Gasteiger charge is 2.22. The lowest BCUT2D eigenvalue weighted by atomic mass is 10.1. The maximum absolute atomic E-state index is 5.07. The summed E-state index contributed by atoms with van der Waals surface area (Å²) in [4.78, 5) is 5.07. The van der Waals surface area contributed by atoms with Gasteiger partial charge in [0.2, 0.25) is 0 Å². The Hall–Kier alpha value is -3.33. The topological polar surface area (TPSA) is 21.1 Å². The van der Waals surface area contributed by atoms with Crippen molar-refractivity contribution in [1.82, 2.24) is 9.66 Å². The zero-order valence-corrected chi connectivity index (χ0v) is 15.0. The fourth-order valence-corrected chi connectivity index (χ4v) is 3.23. The van der Waals surface area contributed by atoms with Gasteiger partial charge in [0.05, 0.1) is 11.4 Å². The third-order valence-electron chi connectivity index (χ3n) is 4.38. The van der Waals surface area contributed by atoms with Gasteiger partial charge in [-0.05, 0) is 0 Å². The standard InChI is InChI=1S/C23H21N3/c1-25(2)26-22(19-14-8-4-9-15-19)21(18-12-6-3-7-13-18)24-23(26)20-16-10-5-11-17-20/h3-17H,1-2H3. The van der Waals surface area contributed by atoms with Gasteiger partial charge >= 0.3 is 0 Å². The number of nitrogens with zero attached hydrogens (tertiary/aromatic N) is 3. The average Bonchev–Trinajstić information content (AvgIpc) is 3.11. The molecule has 3 nitrogen and oxygen atoms in total. The van der Waals surface area contributed by atoms with Gasteiger partial charge in [-0.1, -0.05) is 91.0 Å². The molecule has 0 aliphatic heterocycles. The van der Waals surface area contributed by atoms with Crippen molar-refractivity contribution in [2.24, 2.45) is 0 Å². The molecule has 0 bridgehead atoms. The molecule has 0 aliphatic rings. The van der Waals surface area contributed by atoms with Crippen molar-refractivity contribution in [2.45, 2.75) is 0 Å². The van der Waals surface area contributed by atoms with Crippen LogP contribution in [0.5, 0.6) is 0 Å². The fourth-order valence-electron chi connectivity index (χ4n) is 3.23. The number of hydrogen-bond acceptors (Lipinski definition) is 2. The summed E-state index contributed by atoms with van der Waals surface area (Å²) in [5.41, 5.74) is 5.45. The molecule has 3 aromatic carbocycles. The SMILES string of the molecule is CN(C)n1c(-c2ccccc2)nc(-c2ccccc2)c1-c1ccccc1. The summed E-state index contributed by atoms with van der Waals surface area (Å²) in [6.45, 7) is 0. The second kappa shape index (κ2) is 6.89. The van der Waals surface area contributed by atoms with Crippen LogP contribution in [0.1, 0.15) is 0 Å². The van der Waals surface area contributed by atoms with E-state index < -0.39 is 0 Å². The minimum Gasteiger partial charge on any atom is -0.317 e. The Morgan fingerprint density at radius 3 is 1.58 bits per heavy atom. The first kappa shape index (κ1) is 16.2. The molecule has 0 atom stereocenters. The largest absolute Gasteiger partial charge is 0.317 e. The molecule has 0 unspecified atom stereocenters. The van der Waals surface area contributed by atoms with E-state index in [-0.39, 0.29) is 0 Å². The smallest absolute Gasteiger partial charge is 0.159 e. The number of rotatable bonds is 4. The maximum Gasteiger partial charge on any atom is 0.159 e. The summed E-state index contributed by atoms with van der Waals surface area (Å²) < 4.78 is 2.19. The van der Waals surface area contributed by atoms with Crippen LogP contribution >= 0.6 is 0 Å². The normalized spacial score (nSPS) is 10.7. The molecule has 128 valence electrons. The highest BCUT2D eigenvalue weighted by molar-refractivity contribution is 5.82. The first-order chi connectivity index (χ1) is 12.8. The highest BCUT2D eigenvalue weighted by atomic mass is 15.5. The van der Waals surface area contributed by atoms with E-state index in [4.69, 9.17) is 4.98 Å². The predicted molar refractivity (Wildman–Crippen MR) is 109 cm³/mol. The summed E-state index contributed by atoms with van der Waals surface area (Å²) in [5.74, 6) is 0.938. The van der Waals surface area contributed by atoms with E-state index >= 15 is 0 Å². The zero-order valence-electron chi connectivity index (χ0n) is 15.0. The predicted octanol–water partition coefficient (Wildman–Crippen LogP) is 5.08. The molecule has 3 heteroatoms. The van der Waals surface area contributed by atoms with Gasteiger partial charge in [-0.2, -0.15) is 0 Å². The average molecular weight is 339 g/mol.